The molecule has 0 saturated carbocycles. The van der Waals surface area contributed by atoms with Crippen molar-refractivity contribution in [2.75, 3.05) is 4.72 Å². The highest BCUT2D eigenvalue weighted by atomic mass is 32.2. The fourth-order valence-corrected chi connectivity index (χ4v) is 4.39. The molecule has 2 aromatic heterocycles. The van der Waals surface area contributed by atoms with Crippen LogP contribution in [-0.2, 0) is 16.6 Å². The van der Waals surface area contributed by atoms with Crippen LogP contribution in [0.2, 0.25) is 0 Å². The van der Waals surface area contributed by atoms with Crippen LogP contribution in [0.4, 0.5) is 5.82 Å². The van der Waals surface area contributed by atoms with E-state index in [9.17, 15) is 8.42 Å². The van der Waals surface area contributed by atoms with Crippen LogP contribution in [0.25, 0.3) is 0 Å². The zero-order valence-electron chi connectivity index (χ0n) is 12.3. The van der Waals surface area contributed by atoms with Gasteiger partial charge in [0.15, 0.2) is 0 Å². The van der Waals surface area contributed by atoms with E-state index < -0.39 is 10.0 Å². The van der Waals surface area contributed by atoms with E-state index in [1.165, 1.54) is 11.3 Å². The first-order valence-corrected chi connectivity index (χ1v) is 8.95. The summed E-state index contributed by atoms with van der Waals surface area (Å²) in [6.07, 6.45) is 1.55. The minimum absolute atomic E-state index is 0.318. The Morgan fingerprint density at radius 2 is 2.10 bits per heavy atom. The number of thiophene rings is 1. The van der Waals surface area contributed by atoms with Crippen LogP contribution >= 0.6 is 11.3 Å². The van der Waals surface area contributed by atoms with E-state index in [0.29, 0.717) is 23.3 Å². The highest BCUT2D eigenvalue weighted by Crippen LogP contribution is 2.27. The molecule has 0 fully saturated rings. The molecule has 0 bridgehead atoms. The Hall–Kier alpha value is -1.44. The number of pyridine rings is 1. The smallest absolute Gasteiger partial charge is 0.264 e. The number of hydrogen-bond donors (Lipinski definition) is 2. The highest BCUT2D eigenvalue weighted by Gasteiger charge is 2.20. The number of nitrogens with one attached hydrogen (secondary N) is 2. The van der Waals surface area contributed by atoms with Crippen LogP contribution < -0.4 is 10.0 Å². The Labute approximate surface area is 129 Å². The fourth-order valence-electron chi connectivity index (χ4n) is 1.80. The first kappa shape index (κ1) is 15.9. The third kappa shape index (κ3) is 4.26. The number of rotatable bonds is 6. The zero-order chi connectivity index (χ0) is 15.5. The molecule has 2 heterocycles. The zero-order valence-corrected chi connectivity index (χ0v) is 13.9. The van der Waals surface area contributed by atoms with Crippen LogP contribution in [0.3, 0.4) is 0 Å². The first-order valence-electron chi connectivity index (χ1n) is 6.65. The minimum Gasteiger partial charge on any atom is -0.310 e. The van der Waals surface area contributed by atoms with Crippen molar-refractivity contribution in [2.45, 2.75) is 38.3 Å². The lowest BCUT2D eigenvalue weighted by molar-refractivity contribution is 0.592. The monoisotopic (exact) mass is 325 g/mol. The number of sulfonamides is 1. The summed E-state index contributed by atoms with van der Waals surface area (Å²) in [6, 6.07) is 7.19. The van der Waals surface area contributed by atoms with E-state index in [1.807, 2.05) is 6.92 Å². The maximum atomic E-state index is 12.4. The number of aromatic nitrogens is 1. The van der Waals surface area contributed by atoms with Gasteiger partial charge < -0.3 is 5.32 Å². The molecule has 0 unspecified atom stereocenters. The number of hydrogen-bond acceptors (Lipinski definition) is 5. The Kier molecular flexibility index (Phi) is 4.97. The van der Waals surface area contributed by atoms with E-state index >= 15 is 0 Å². The van der Waals surface area contributed by atoms with Crippen LogP contribution in [-0.4, -0.2) is 19.4 Å². The molecule has 0 aliphatic carbocycles. The Morgan fingerprint density at radius 3 is 2.71 bits per heavy atom. The SMILES string of the molecule is Cc1sc(CNC(C)C)cc1S(=O)(=O)Nc1ccccn1. The molecule has 0 radical (unpaired) electrons. The van der Waals surface area contributed by atoms with Crippen molar-refractivity contribution < 1.29 is 8.42 Å². The van der Waals surface area contributed by atoms with Crippen molar-refractivity contribution in [3.8, 4) is 0 Å². The maximum absolute atomic E-state index is 12.4. The van der Waals surface area contributed by atoms with E-state index in [4.69, 9.17) is 0 Å². The van der Waals surface area contributed by atoms with E-state index in [0.717, 1.165) is 9.75 Å². The molecular weight excluding hydrogens is 306 g/mol. The Morgan fingerprint density at radius 1 is 1.33 bits per heavy atom. The molecule has 2 aromatic rings. The van der Waals surface area contributed by atoms with Gasteiger partial charge in [-0.2, -0.15) is 0 Å². The lowest BCUT2D eigenvalue weighted by Crippen LogP contribution is -2.21. The van der Waals surface area contributed by atoms with Gasteiger partial charge in [0.1, 0.15) is 10.7 Å². The fraction of sp³-hybridized carbons (Fsp3) is 0.357. The van der Waals surface area contributed by atoms with Crippen LogP contribution in [0.15, 0.2) is 35.4 Å². The minimum atomic E-state index is -3.59. The Balaban J connectivity index is 2.20. The van der Waals surface area contributed by atoms with Crippen LogP contribution in [0.1, 0.15) is 23.6 Å². The van der Waals surface area contributed by atoms with Crippen LogP contribution in [0, 0.1) is 6.92 Å². The van der Waals surface area contributed by atoms with Crippen molar-refractivity contribution in [1.82, 2.24) is 10.3 Å². The van der Waals surface area contributed by atoms with Gasteiger partial charge in [0.25, 0.3) is 10.0 Å². The number of anilines is 1. The summed E-state index contributed by atoms with van der Waals surface area (Å²) in [4.78, 5) is 6.08. The second-order valence-electron chi connectivity index (χ2n) is 4.99. The maximum Gasteiger partial charge on any atom is 0.264 e. The second-order valence-corrected chi connectivity index (χ2v) is 7.98. The van der Waals surface area contributed by atoms with Crippen molar-refractivity contribution in [2.24, 2.45) is 0 Å². The normalized spacial score (nSPS) is 11.8. The van der Waals surface area contributed by atoms with Gasteiger partial charge in [-0.1, -0.05) is 19.9 Å². The van der Waals surface area contributed by atoms with Gasteiger partial charge in [-0.3, -0.25) is 4.72 Å². The third-order valence-corrected chi connectivity index (χ3v) is 5.46. The van der Waals surface area contributed by atoms with Crippen LogP contribution in [0.5, 0.6) is 0 Å². The second kappa shape index (κ2) is 6.55. The van der Waals surface area contributed by atoms with Gasteiger partial charge >= 0.3 is 0 Å². The van der Waals surface area contributed by atoms with Gasteiger partial charge in [-0.05, 0) is 25.1 Å². The van der Waals surface area contributed by atoms with E-state index in [1.54, 1.807) is 30.5 Å². The van der Waals surface area contributed by atoms with Crippen molar-refractivity contribution >= 4 is 27.2 Å². The number of aryl methyl sites for hydroxylation is 1. The summed E-state index contributed by atoms with van der Waals surface area (Å²) in [5, 5.41) is 3.29. The molecule has 2 rings (SSSR count). The largest absolute Gasteiger partial charge is 0.310 e. The molecular formula is C14H19N3O2S2. The molecule has 0 amide bonds. The lowest BCUT2D eigenvalue weighted by atomic mass is 10.3. The molecule has 0 atom stereocenters. The van der Waals surface area contributed by atoms with Gasteiger partial charge in [0.2, 0.25) is 0 Å². The predicted octanol–water partition coefficient (Wildman–Crippen LogP) is 2.75. The molecule has 0 saturated heterocycles. The van der Waals surface area contributed by atoms with Gasteiger partial charge in [0, 0.05) is 28.5 Å². The topological polar surface area (TPSA) is 71.1 Å². The molecule has 7 heteroatoms. The predicted molar refractivity (Wildman–Crippen MR) is 86.1 cm³/mol. The molecule has 114 valence electrons. The standard InChI is InChI=1S/C14H19N3O2S2/c1-10(2)16-9-12-8-13(11(3)20-12)21(18,19)17-14-6-4-5-7-15-14/h4-8,10,16H,9H2,1-3H3,(H,15,17). The summed E-state index contributed by atoms with van der Waals surface area (Å²) in [5.41, 5.74) is 0. The summed E-state index contributed by atoms with van der Waals surface area (Å²) in [6.45, 7) is 6.60. The van der Waals surface area contributed by atoms with Crippen molar-refractivity contribution in [3.63, 3.8) is 0 Å². The Bertz CT molecular complexity index is 694. The van der Waals surface area contributed by atoms with Gasteiger partial charge in [0.05, 0.1) is 0 Å². The molecule has 21 heavy (non-hydrogen) atoms. The van der Waals surface area contributed by atoms with Gasteiger partial charge in [-0.25, -0.2) is 13.4 Å². The lowest BCUT2D eigenvalue weighted by Gasteiger charge is -2.06. The summed E-state index contributed by atoms with van der Waals surface area (Å²) >= 11 is 1.49. The summed E-state index contributed by atoms with van der Waals surface area (Å²) < 4.78 is 27.3. The molecule has 5 nitrogen and oxygen atoms in total. The van der Waals surface area contributed by atoms with E-state index in [-0.39, 0.29) is 0 Å². The molecule has 2 N–H and O–H groups in total. The molecule has 0 aromatic carbocycles. The van der Waals surface area contributed by atoms with Gasteiger partial charge in [-0.15, -0.1) is 11.3 Å². The average molecular weight is 325 g/mol. The highest BCUT2D eigenvalue weighted by molar-refractivity contribution is 7.93. The number of nitrogens with zero attached hydrogens (tertiary/aromatic N) is 1. The summed E-state index contributed by atoms with van der Waals surface area (Å²) in [7, 11) is -3.59. The van der Waals surface area contributed by atoms with Crippen molar-refractivity contribution in [3.05, 3.63) is 40.2 Å². The first-order chi connectivity index (χ1) is 9.88. The molecule has 0 aliphatic rings. The summed E-state index contributed by atoms with van der Waals surface area (Å²) in [5.74, 6) is 0.324. The molecule has 0 aliphatic heterocycles. The third-order valence-electron chi connectivity index (χ3n) is 2.80. The average Bonchev–Trinajstić information content (AvgIpc) is 2.79. The van der Waals surface area contributed by atoms with E-state index in [2.05, 4.69) is 28.9 Å². The quantitative estimate of drug-likeness (QED) is 0.857. The van der Waals surface area contributed by atoms with Crippen molar-refractivity contribution in [1.29, 1.82) is 0 Å². The molecule has 0 spiro atoms.